The quantitative estimate of drug-likeness (QED) is 0.417. The number of carbonyl (C=O) groups excluding carboxylic acids is 4. The smallest absolute Gasteiger partial charge is 0.235 e. The Bertz CT molecular complexity index is 1420. The van der Waals surface area contributed by atoms with E-state index in [0.717, 1.165) is 0 Å². The number of likely N-dealkylation sites (N-methyl/N-ethyl adjacent to an activating group) is 1. The number of Topliss-reactive ketones (excluding diaryl/α,β-unsaturated/α-hetero) is 3. The third-order valence-corrected chi connectivity index (χ3v) is 8.15. The first-order chi connectivity index (χ1) is 17.8. The van der Waals surface area contributed by atoms with Crippen molar-refractivity contribution in [2.75, 3.05) is 33.1 Å². The molecule has 2 fully saturated rings. The summed E-state index contributed by atoms with van der Waals surface area (Å²) in [5.41, 5.74) is 4.57. The molecular formula is C27H29N3O8. The van der Waals surface area contributed by atoms with Gasteiger partial charge in [-0.2, -0.15) is 0 Å². The zero-order valence-corrected chi connectivity index (χ0v) is 21.4. The van der Waals surface area contributed by atoms with Gasteiger partial charge in [-0.25, -0.2) is 0 Å². The van der Waals surface area contributed by atoms with Crippen molar-refractivity contribution in [2.24, 2.45) is 23.5 Å². The molecule has 1 aromatic heterocycles. The van der Waals surface area contributed by atoms with Crippen molar-refractivity contribution in [2.45, 2.75) is 24.5 Å². The Balaban J connectivity index is 1.75. The molecular weight excluding hydrogens is 494 g/mol. The number of amides is 1. The second kappa shape index (κ2) is 8.53. The van der Waals surface area contributed by atoms with Crippen molar-refractivity contribution < 1.29 is 38.9 Å². The van der Waals surface area contributed by atoms with Crippen LogP contribution in [0.2, 0.25) is 0 Å². The predicted octanol–water partition coefficient (Wildman–Crippen LogP) is 0.663. The van der Waals surface area contributed by atoms with Crippen LogP contribution in [0.5, 0.6) is 5.75 Å². The van der Waals surface area contributed by atoms with E-state index in [2.05, 4.69) is 0 Å². The SMILES string of the molecule is CN(C)c1cc(-c2ccoc2)c(O)c2c1C[C@H]1C[C@H]3[C@H](N(C)C)C(=O)C(C(N)=O)C(=O)[C@@]3(O)C(=O)C1=C2O. The summed E-state index contributed by atoms with van der Waals surface area (Å²) in [6.45, 7) is 0. The number of ketones is 3. The van der Waals surface area contributed by atoms with Gasteiger partial charge in [0.25, 0.3) is 0 Å². The summed E-state index contributed by atoms with van der Waals surface area (Å²) in [5.74, 6) is -9.04. The molecule has 0 aliphatic heterocycles. The van der Waals surface area contributed by atoms with Gasteiger partial charge >= 0.3 is 0 Å². The minimum absolute atomic E-state index is 0.00396. The second-order valence-electron chi connectivity index (χ2n) is 10.7. The van der Waals surface area contributed by atoms with Crippen molar-refractivity contribution in [1.29, 1.82) is 0 Å². The Morgan fingerprint density at radius 2 is 1.84 bits per heavy atom. The van der Waals surface area contributed by atoms with Gasteiger partial charge in [0.15, 0.2) is 23.1 Å². The molecule has 5 atom stereocenters. The van der Waals surface area contributed by atoms with Gasteiger partial charge < -0.3 is 30.4 Å². The molecule has 2 aromatic rings. The number of anilines is 1. The van der Waals surface area contributed by atoms with Crippen molar-refractivity contribution in [1.82, 2.24) is 4.90 Å². The van der Waals surface area contributed by atoms with Crippen molar-refractivity contribution >= 4 is 34.7 Å². The molecule has 11 heteroatoms. The number of hydrogen-bond donors (Lipinski definition) is 4. The highest BCUT2D eigenvalue weighted by Crippen LogP contribution is 2.54. The molecule has 0 bridgehead atoms. The summed E-state index contributed by atoms with van der Waals surface area (Å²) in [4.78, 5) is 55.9. The fraction of sp³-hybridized carbons (Fsp3) is 0.407. The lowest BCUT2D eigenvalue weighted by molar-refractivity contribution is -0.175. The Labute approximate surface area is 218 Å². The van der Waals surface area contributed by atoms with Gasteiger partial charge in [-0.15, -0.1) is 0 Å². The largest absolute Gasteiger partial charge is 0.507 e. The highest BCUT2D eigenvalue weighted by molar-refractivity contribution is 6.32. The zero-order valence-electron chi connectivity index (χ0n) is 21.4. The number of hydrogen-bond acceptors (Lipinski definition) is 10. The van der Waals surface area contributed by atoms with Crippen LogP contribution >= 0.6 is 0 Å². The maximum absolute atomic E-state index is 14.0. The first-order valence-corrected chi connectivity index (χ1v) is 12.1. The Hall–Kier alpha value is -3.96. The summed E-state index contributed by atoms with van der Waals surface area (Å²) in [5, 5.41) is 34.5. The number of rotatable bonds is 4. The summed E-state index contributed by atoms with van der Waals surface area (Å²) < 4.78 is 5.16. The summed E-state index contributed by atoms with van der Waals surface area (Å²) in [6, 6.07) is 2.26. The van der Waals surface area contributed by atoms with E-state index in [0.29, 0.717) is 22.4 Å². The topological polar surface area (TPSA) is 175 Å². The molecule has 5 N–H and O–H groups in total. The average Bonchev–Trinajstić information content (AvgIpc) is 3.35. The van der Waals surface area contributed by atoms with E-state index in [-0.39, 0.29) is 29.7 Å². The Morgan fingerprint density at radius 1 is 1.16 bits per heavy atom. The minimum atomic E-state index is -2.75. The summed E-state index contributed by atoms with van der Waals surface area (Å²) >= 11 is 0. The maximum atomic E-state index is 14.0. The molecule has 11 nitrogen and oxygen atoms in total. The number of primary amides is 1. The van der Waals surface area contributed by atoms with E-state index in [9.17, 15) is 34.5 Å². The van der Waals surface area contributed by atoms with E-state index in [1.54, 1.807) is 40.3 Å². The van der Waals surface area contributed by atoms with Gasteiger partial charge in [0.2, 0.25) is 11.7 Å². The van der Waals surface area contributed by atoms with Gasteiger partial charge in [0.05, 0.1) is 24.1 Å². The molecule has 0 spiro atoms. The molecule has 200 valence electrons. The predicted molar refractivity (Wildman–Crippen MR) is 135 cm³/mol. The molecule has 1 amide bonds. The van der Waals surface area contributed by atoms with Crippen LogP contribution in [0.3, 0.4) is 0 Å². The van der Waals surface area contributed by atoms with Crippen LogP contribution in [0.25, 0.3) is 16.9 Å². The van der Waals surface area contributed by atoms with Crippen LogP contribution in [0.15, 0.2) is 34.6 Å². The molecule has 5 rings (SSSR count). The highest BCUT2D eigenvalue weighted by atomic mass is 16.3. The standard InChI is InChI=1S/C27H29N3O8/c1-29(2)16-9-13(11-5-6-38-10-11)21(31)18-14(16)7-12-8-15-20(30(3)4)23(33)19(26(28)36)25(35)27(15,37)24(34)17(12)22(18)32/h5-6,9-10,12,15,19-20,31-32,37H,7-8H2,1-4H3,(H2,28,36)/t12-,15-,19?,20-,27-/m0/s1. The third kappa shape index (κ3) is 3.28. The van der Waals surface area contributed by atoms with Crippen molar-refractivity contribution in [3.05, 3.63) is 41.4 Å². The average molecular weight is 524 g/mol. The summed E-state index contributed by atoms with van der Waals surface area (Å²) in [7, 11) is 6.72. The molecule has 1 unspecified atom stereocenters. The minimum Gasteiger partial charge on any atom is -0.507 e. The fourth-order valence-electron chi connectivity index (χ4n) is 6.47. The van der Waals surface area contributed by atoms with Gasteiger partial charge in [-0.1, -0.05) is 0 Å². The molecule has 38 heavy (non-hydrogen) atoms. The van der Waals surface area contributed by atoms with E-state index >= 15 is 0 Å². The van der Waals surface area contributed by atoms with Crippen LogP contribution in [0.4, 0.5) is 5.69 Å². The molecule has 1 aromatic carbocycles. The van der Waals surface area contributed by atoms with Crippen molar-refractivity contribution in [3.8, 4) is 16.9 Å². The number of benzene rings is 1. The molecule has 0 saturated heterocycles. The number of carbonyl (C=O) groups is 4. The third-order valence-electron chi connectivity index (χ3n) is 8.15. The van der Waals surface area contributed by atoms with Crippen LogP contribution in [-0.2, 0) is 25.6 Å². The van der Waals surface area contributed by atoms with Crippen LogP contribution < -0.4 is 10.6 Å². The first-order valence-electron chi connectivity index (χ1n) is 12.1. The van der Waals surface area contributed by atoms with Crippen LogP contribution in [0, 0.1) is 17.8 Å². The Kier molecular flexibility index (Phi) is 5.77. The number of furan rings is 1. The molecule has 3 aliphatic rings. The van der Waals surface area contributed by atoms with Crippen LogP contribution in [0.1, 0.15) is 17.5 Å². The number of aromatic hydroxyl groups is 1. The van der Waals surface area contributed by atoms with Crippen molar-refractivity contribution in [3.63, 3.8) is 0 Å². The van der Waals surface area contributed by atoms with Gasteiger partial charge in [-0.3, -0.25) is 24.1 Å². The second-order valence-corrected chi connectivity index (χ2v) is 10.7. The number of aliphatic hydroxyl groups excluding tert-OH is 1. The van der Waals surface area contributed by atoms with Gasteiger partial charge in [0.1, 0.15) is 11.5 Å². The van der Waals surface area contributed by atoms with E-state index in [1.807, 2.05) is 4.90 Å². The zero-order chi connectivity index (χ0) is 27.8. The van der Waals surface area contributed by atoms with E-state index in [4.69, 9.17) is 10.2 Å². The lowest BCUT2D eigenvalue weighted by Gasteiger charge is -2.51. The van der Waals surface area contributed by atoms with Gasteiger partial charge in [0, 0.05) is 42.4 Å². The Morgan fingerprint density at radius 3 is 2.39 bits per heavy atom. The van der Waals surface area contributed by atoms with E-state index in [1.165, 1.54) is 17.4 Å². The number of aliphatic hydroxyl groups is 2. The lowest BCUT2D eigenvalue weighted by atomic mass is 9.54. The molecule has 2 saturated carbocycles. The monoisotopic (exact) mass is 523 g/mol. The number of nitrogens with zero attached hydrogens (tertiary/aromatic N) is 2. The molecule has 1 heterocycles. The number of phenolic OH excluding ortho intramolecular Hbond substituents is 1. The number of fused-ring (bicyclic) bond motifs is 3. The number of nitrogens with two attached hydrogens (primary N) is 1. The van der Waals surface area contributed by atoms with Gasteiger partial charge in [-0.05, 0) is 50.6 Å². The van der Waals surface area contributed by atoms with E-state index < -0.39 is 58.4 Å². The normalized spacial score (nSPS) is 28.7. The maximum Gasteiger partial charge on any atom is 0.235 e. The fourth-order valence-corrected chi connectivity index (χ4v) is 6.47. The van der Waals surface area contributed by atoms with Crippen LogP contribution in [-0.4, -0.2) is 83.3 Å². The number of phenols is 1. The molecule has 3 aliphatic carbocycles. The highest BCUT2D eigenvalue weighted by Gasteiger charge is 2.67. The first kappa shape index (κ1) is 25.7. The molecule has 0 radical (unpaired) electrons. The summed E-state index contributed by atoms with van der Waals surface area (Å²) in [6.07, 6.45) is 3.06. The lowest BCUT2D eigenvalue weighted by Crippen LogP contribution is -2.72.